The van der Waals surface area contributed by atoms with E-state index in [4.69, 9.17) is 0 Å². The van der Waals surface area contributed by atoms with Crippen molar-refractivity contribution in [3.05, 3.63) is 101 Å². The Morgan fingerprint density at radius 1 is 0.933 bits per heavy atom. The van der Waals surface area contributed by atoms with Crippen LogP contribution >= 0.6 is 0 Å². The normalized spacial score (nSPS) is 18.2. The summed E-state index contributed by atoms with van der Waals surface area (Å²) >= 11 is 0. The van der Waals surface area contributed by atoms with Crippen molar-refractivity contribution in [3.63, 3.8) is 0 Å². The Kier molecular flexibility index (Phi) is 5.19. The maximum atomic E-state index is 13.0. The van der Waals surface area contributed by atoms with Crippen LogP contribution in [0.2, 0.25) is 0 Å². The Hall–Kier alpha value is -3.73. The first kappa shape index (κ1) is 19.6. The van der Waals surface area contributed by atoms with Crippen LogP contribution in [-0.2, 0) is 9.59 Å². The summed E-state index contributed by atoms with van der Waals surface area (Å²) in [5, 5.41) is 11.0. The van der Waals surface area contributed by atoms with Gasteiger partial charge in [0.15, 0.2) is 0 Å². The van der Waals surface area contributed by atoms with Crippen LogP contribution < -0.4 is 4.90 Å². The minimum Gasteiger partial charge on any atom is -0.507 e. The fourth-order valence-corrected chi connectivity index (χ4v) is 3.70. The van der Waals surface area contributed by atoms with Gasteiger partial charge in [0, 0.05) is 11.8 Å². The van der Waals surface area contributed by atoms with Gasteiger partial charge in [0.05, 0.1) is 11.6 Å². The van der Waals surface area contributed by atoms with Gasteiger partial charge in [0.2, 0.25) is 0 Å². The highest BCUT2D eigenvalue weighted by Gasteiger charge is 2.47. The van der Waals surface area contributed by atoms with E-state index >= 15 is 0 Å². The number of ketones is 1. The number of rotatable bonds is 4. The number of hydrogen-bond donors (Lipinski definition) is 1. The van der Waals surface area contributed by atoms with E-state index in [1.54, 1.807) is 48.7 Å². The summed E-state index contributed by atoms with van der Waals surface area (Å²) < 4.78 is 0. The molecule has 1 aliphatic rings. The molecule has 0 saturated carbocycles. The first-order valence-electron chi connectivity index (χ1n) is 9.86. The summed E-state index contributed by atoms with van der Waals surface area (Å²) in [5.74, 6) is -0.899. The summed E-state index contributed by atoms with van der Waals surface area (Å²) in [5.41, 5.74) is 2.44. The second kappa shape index (κ2) is 7.95. The average Bonchev–Trinajstić information content (AvgIpc) is 3.05. The lowest BCUT2D eigenvalue weighted by Crippen LogP contribution is -2.30. The van der Waals surface area contributed by atoms with Crippen molar-refractivity contribution in [1.29, 1.82) is 0 Å². The van der Waals surface area contributed by atoms with E-state index in [1.807, 2.05) is 30.3 Å². The molecule has 150 valence electrons. The first-order valence-corrected chi connectivity index (χ1v) is 9.86. The van der Waals surface area contributed by atoms with E-state index < -0.39 is 17.7 Å². The van der Waals surface area contributed by atoms with Crippen molar-refractivity contribution < 1.29 is 14.7 Å². The molecule has 2 heterocycles. The lowest BCUT2D eigenvalue weighted by atomic mass is 9.93. The minimum absolute atomic E-state index is 0.0640. The molecule has 0 radical (unpaired) electrons. The van der Waals surface area contributed by atoms with E-state index in [1.165, 1.54) is 4.90 Å². The predicted octanol–water partition coefficient (Wildman–Crippen LogP) is 4.83. The molecule has 30 heavy (non-hydrogen) atoms. The molecule has 4 rings (SSSR count). The third kappa shape index (κ3) is 3.39. The molecular formula is C25H22N2O3. The fraction of sp³-hybridized carbons (Fsp3) is 0.160. The van der Waals surface area contributed by atoms with Crippen LogP contribution in [-0.4, -0.2) is 21.8 Å². The second-order valence-electron chi connectivity index (χ2n) is 7.54. The zero-order chi connectivity index (χ0) is 21.3. The first-order chi connectivity index (χ1) is 14.5. The Morgan fingerprint density at radius 3 is 2.20 bits per heavy atom. The molecule has 0 bridgehead atoms. The molecule has 1 fully saturated rings. The van der Waals surface area contributed by atoms with E-state index in [-0.39, 0.29) is 11.3 Å². The maximum absolute atomic E-state index is 13.0. The fourth-order valence-electron chi connectivity index (χ4n) is 3.70. The Bertz CT molecular complexity index is 1100. The van der Waals surface area contributed by atoms with Crippen molar-refractivity contribution in [2.75, 3.05) is 4.90 Å². The number of carbonyl (C=O) groups is 2. The standard InChI is InChI=1S/C25H22N2O3/c1-16(2)17-11-13-18(14-12-17)22-21(23(28)19-8-4-3-5-9-19)24(29)25(30)27(22)20-10-6-7-15-26-20/h3-16,22,28H,1-2H3/t22-/m1/s1. The van der Waals surface area contributed by atoms with Gasteiger partial charge < -0.3 is 5.11 Å². The van der Waals surface area contributed by atoms with Gasteiger partial charge in [-0.15, -0.1) is 0 Å². The van der Waals surface area contributed by atoms with Crippen molar-refractivity contribution in [1.82, 2.24) is 4.98 Å². The molecule has 3 aromatic rings. The molecule has 0 spiro atoms. The lowest BCUT2D eigenvalue weighted by molar-refractivity contribution is -0.132. The Labute approximate surface area is 175 Å². The molecule has 5 heteroatoms. The van der Waals surface area contributed by atoms with Crippen LogP contribution in [0.15, 0.2) is 84.6 Å². The van der Waals surface area contributed by atoms with Gasteiger partial charge in [-0.2, -0.15) is 0 Å². The number of Topliss-reactive ketones (excluding diaryl/α,β-unsaturated/α-hetero) is 1. The summed E-state index contributed by atoms with van der Waals surface area (Å²) in [6.45, 7) is 4.20. The van der Waals surface area contributed by atoms with Crippen LogP contribution in [0.1, 0.15) is 42.5 Å². The van der Waals surface area contributed by atoms with Gasteiger partial charge in [-0.05, 0) is 29.2 Å². The van der Waals surface area contributed by atoms with E-state index in [2.05, 4.69) is 18.8 Å². The van der Waals surface area contributed by atoms with Crippen LogP contribution in [0.4, 0.5) is 5.82 Å². The summed E-state index contributed by atoms with van der Waals surface area (Å²) in [7, 11) is 0. The van der Waals surface area contributed by atoms with Gasteiger partial charge in [0.25, 0.3) is 5.78 Å². The molecule has 1 atom stereocenters. The third-order valence-electron chi connectivity index (χ3n) is 5.31. The van der Waals surface area contributed by atoms with Crippen LogP contribution in [0.25, 0.3) is 5.76 Å². The number of carbonyl (C=O) groups excluding carboxylic acids is 2. The minimum atomic E-state index is -0.763. The number of pyridine rings is 1. The smallest absolute Gasteiger partial charge is 0.301 e. The summed E-state index contributed by atoms with van der Waals surface area (Å²) in [6.07, 6.45) is 1.57. The van der Waals surface area contributed by atoms with Crippen molar-refractivity contribution in [3.8, 4) is 0 Å². The summed E-state index contributed by atoms with van der Waals surface area (Å²) in [6, 6.07) is 21.0. The molecule has 2 aromatic carbocycles. The summed E-state index contributed by atoms with van der Waals surface area (Å²) in [4.78, 5) is 31.7. The average molecular weight is 398 g/mol. The van der Waals surface area contributed by atoms with Crippen molar-refractivity contribution in [2.45, 2.75) is 25.8 Å². The highest BCUT2D eigenvalue weighted by Crippen LogP contribution is 2.41. The number of benzene rings is 2. The number of aromatic nitrogens is 1. The van der Waals surface area contributed by atoms with Crippen molar-refractivity contribution in [2.24, 2.45) is 0 Å². The molecule has 1 aromatic heterocycles. The molecule has 0 unspecified atom stereocenters. The zero-order valence-corrected chi connectivity index (χ0v) is 16.8. The molecule has 1 N–H and O–H groups in total. The maximum Gasteiger partial charge on any atom is 0.301 e. The number of anilines is 1. The Morgan fingerprint density at radius 2 is 1.60 bits per heavy atom. The van der Waals surface area contributed by atoms with Crippen molar-refractivity contribution >= 4 is 23.3 Å². The van der Waals surface area contributed by atoms with Crippen LogP contribution in [0.3, 0.4) is 0 Å². The number of aliphatic hydroxyl groups is 1. The predicted molar refractivity (Wildman–Crippen MR) is 116 cm³/mol. The van der Waals surface area contributed by atoms with Gasteiger partial charge in [-0.1, -0.05) is 74.5 Å². The second-order valence-corrected chi connectivity index (χ2v) is 7.54. The monoisotopic (exact) mass is 398 g/mol. The third-order valence-corrected chi connectivity index (χ3v) is 5.31. The quantitative estimate of drug-likeness (QED) is 0.388. The Balaban J connectivity index is 1.92. The van der Waals surface area contributed by atoms with E-state index in [0.29, 0.717) is 17.3 Å². The van der Waals surface area contributed by atoms with Crippen LogP contribution in [0.5, 0.6) is 0 Å². The molecule has 1 saturated heterocycles. The number of aliphatic hydroxyl groups excluding tert-OH is 1. The highest BCUT2D eigenvalue weighted by atomic mass is 16.3. The SMILES string of the molecule is CC(C)c1ccc([C@@H]2C(=C(O)c3ccccc3)C(=O)C(=O)N2c2ccccn2)cc1. The largest absolute Gasteiger partial charge is 0.507 e. The van der Waals surface area contributed by atoms with Crippen LogP contribution in [0, 0.1) is 0 Å². The van der Waals surface area contributed by atoms with E-state index in [0.717, 1.165) is 11.1 Å². The van der Waals surface area contributed by atoms with E-state index in [9.17, 15) is 14.7 Å². The lowest BCUT2D eigenvalue weighted by Gasteiger charge is -2.24. The topological polar surface area (TPSA) is 70.5 Å². The van der Waals surface area contributed by atoms with Gasteiger partial charge in [-0.3, -0.25) is 14.5 Å². The van der Waals surface area contributed by atoms with Gasteiger partial charge in [-0.25, -0.2) is 4.98 Å². The highest BCUT2D eigenvalue weighted by molar-refractivity contribution is 6.51. The number of hydrogen-bond acceptors (Lipinski definition) is 4. The number of amides is 1. The molecule has 1 amide bonds. The number of nitrogens with zero attached hydrogens (tertiary/aromatic N) is 2. The zero-order valence-electron chi connectivity index (χ0n) is 16.8. The van der Waals surface area contributed by atoms with Gasteiger partial charge in [0.1, 0.15) is 11.6 Å². The molecule has 0 aliphatic carbocycles. The van der Waals surface area contributed by atoms with Gasteiger partial charge >= 0.3 is 5.91 Å². The molecule has 5 nitrogen and oxygen atoms in total. The molecular weight excluding hydrogens is 376 g/mol. The molecule has 1 aliphatic heterocycles.